The smallest absolute Gasteiger partial charge is 0.222 e. The summed E-state index contributed by atoms with van der Waals surface area (Å²) in [7, 11) is 1.83. The number of hydrogen-bond acceptors (Lipinski definition) is 3. The van der Waals surface area contributed by atoms with Gasteiger partial charge in [-0.2, -0.15) is 0 Å². The van der Waals surface area contributed by atoms with Crippen LogP contribution in [0.5, 0.6) is 0 Å². The number of benzene rings is 1. The van der Waals surface area contributed by atoms with E-state index in [0.717, 1.165) is 17.3 Å². The lowest BCUT2D eigenvalue weighted by Gasteiger charge is -2.04. The van der Waals surface area contributed by atoms with E-state index in [0.29, 0.717) is 5.95 Å². The summed E-state index contributed by atoms with van der Waals surface area (Å²) in [6.45, 7) is 0. The molecule has 0 radical (unpaired) electrons. The number of rotatable bonds is 2. The van der Waals surface area contributed by atoms with E-state index in [1.165, 1.54) is 11.1 Å². The fraction of sp³-hybridized carbons (Fsp3) is 0.143. The van der Waals surface area contributed by atoms with Crippen molar-refractivity contribution < 1.29 is 0 Å². The van der Waals surface area contributed by atoms with Gasteiger partial charge in [0.1, 0.15) is 0 Å². The minimum Gasteiger partial charge on any atom is -0.357 e. The van der Waals surface area contributed by atoms with Crippen molar-refractivity contribution in [3.63, 3.8) is 0 Å². The first-order valence-corrected chi connectivity index (χ1v) is 5.68. The van der Waals surface area contributed by atoms with Crippen LogP contribution in [0, 0.1) is 0 Å². The van der Waals surface area contributed by atoms with E-state index in [1.54, 1.807) is 0 Å². The van der Waals surface area contributed by atoms with E-state index in [9.17, 15) is 0 Å². The summed E-state index contributed by atoms with van der Waals surface area (Å²) in [6.07, 6.45) is 9.41. The number of fused-ring (bicyclic) bond motifs is 1. The van der Waals surface area contributed by atoms with Crippen LogP contribution in [0.15, 0.2) is 42.6 Å². The Morgan fingerprint density at radius 1 is 1.29 bits per heavy atom. The molecule has 1 aromatic carbocycles. The number of nitrogens with one attached hydrogen (secondary N) is 1. The summed E-state index contributed by atoms with van der Waals surface area (Å²) in [5.74, 6) is 0.658. The summed E-state index contributed by atoms with van der Waals surface area (Å²) in [4.78, 5) is 8.65. The molecule has 3 nitrogen and oxygen atoms in total. The Kier molecular flexibility index (Phi) is 2.37. The molecule has 1 N–H and O–H groups in total. The Morgan fingerprint density at radius 2 is 2.24 bits per heavy atom. The van der Waals surface area contributed by atoms with Gasteiger partial charge in [-0.3, -0.25) is 0 Å². The Balaban J connectivity index is 2.13. The van der Waals surface area contributed by atoms with Crippen LogP contribution in [-0.4, -0.2) is 17.0 Å². The normalized spacial score (nSPS) is 14.1. The van der Waals surface area contributed by atoms with E-state index >= 15 is 0 Å². The number of allylic oxidation sites excluding steroid dienone is 4. The maximum absolute atomic E-state index is 4.45. The first-order chi connectivity index (χ1) is 8.36. The van der Waals surface area contributed by atoms with E-state index in [2.05, 4.69) is 51.7 Å². The predicted molar refractivity (Wildman–Crippen MR) is 70.8 cm³/mol. The molecule has 84 valence electrons. The van der Waals surface area contributed by atoms with Crippen molar-refractivity contribution in [3.05, 3.63) is 48.2 Å². The molecule has 0 saturated heterocycles. The molecule has 0 unspecified atom stereocenters. The third kappa shape index (κ3) is 1.80. The molecule has 0 amide bonds. The molecule has 0 aliphatic heterocycles. The highest BCUT2D eigenvalue weighted by Crippen LogP contribution is 2.24. The first-order valence-electron chi connectivity index (χ1n) is 5.68. The van der Waals surface area contributed by atoms with Crippen LogP contribution in [0.1, 0.15) is 12.0 Å². The van der Waals surface area contributed by atoms with Gasteiger partial charge >= 0.3 is 0 Å². The van der Waals surface area contributed by atoms with Gasteiger partial charge in [-0.1, -0.05) is 30.4 Å². The molecule has 0 bridgehead atoms. The van der Waals surface area contributed by atoms with Crippen molar-refractivity contribution in [2.24, 2.45) is 0 Å². The third-order valence-electron chi connectivity index (χ3n) is 2.91. The Hall–Kier alpha value is -2.16. The molecule has 0 atom stereocenters. The van der Waals surface area contributed by atoms with Crippen molar-refractivity contribution in [1.82, 2.24) is 9.97 Å². The lowest BCUT2D eigenvalue weighted by molar-refractivity contribution is 1.19. The minimum absolute atomic E-state index is 0.658. The molecular formula is C14H13N3. The molecule has 0 saturated carbocycles. The zero-order chi connectivity index (χ0) is 11.7. The minimum atomic E-state index is 0.658. The molecule has 0 fully saturated rings. The number of aromatic nitrogens is 2. The van der Waals surface area contributed by atoms with E-state index in [4.69, 9.17) is 0 Å². The van der Waals surface area contributed by atoms with Crippen LogP contribution in [0.25, 0.3) is 16.5 Å². The molecule has 1 heterocycles. The quantitative estimate of drug-likeness (QED) is 0.850. The van der Waals surface area contributed by atoms with Gasteiger partial charge in [0.25, 0.3) is 0 Å². The monoisotopic (exact) mass is 223 g/mol. The Morgan fingerprint density at radius 3 is 3.00 bits per heavy atom. The summed E-state index contributed by atoms with van der Waals surface area (Å²) in [5.41, 5.74) is 3.46. The second kappa shape index (κ2) is 4.01. The molecule has 0 spiro atoms. The summed E-state index contributed by atoms with van der Waals surface area (Å²) in [6, 6.07) is 6.29. The second-order valence-corrected chi connectivity index (χ2v) is 4.01. The van der Waals surface area contributed by atoms with Crippen LogP contribution in [-0.2, 0) is 0 Å². The molecule has 3 heteroatoms. The van der Waals surface area contributed by atoms with Gasteiger partial charge in [0.15, 0.2) is 0 Å². The van der Waals surface area contributed by atoms with Gasteiger partial charge in [0.2, 0.25) is 5.95 Å². The molecule has 1 aliphatic carbocycles. The van der Waals surface area contributed by atoms with E-state index in [1.807, 2.05) is 13.2 Å². The number of hydrogen-bond donors (Lipinski definition) is 1. The van der Waals surface area contributed by atoms with Gasteiger partial charge in [-0.25, -0.2) is 9.97 Å². The largest absolute Gasteiger partial charge is 0.357 e. The van der Waals surface area contributed by atoms with Crippen molar-refractivity contribution >= 4 is 22.4 Å². The zero-order valence-electron chi connectivity index (χ0n) is 9.64. The van der Waals surface area contributed by atoms with Crippen molar-refractivity contribution in [3.8, 4) is 0 Å². The Bertz CT molecular complexity index is 626. The van der Waals surface area contributed by atoms with Gasteiger partial charge in [0.05, 0.1) is 5.52 Å². The highest BCUT2D eigenvalue weighted by Gasteiger charge is 2.04. The average Bonchev–Trinajstić information content (AvgIpc) is 2.91. The lowest BCUT2D eigenvalue weighted by atomic mass is 10.1. The van der Waals surface area contributed by atoms with E-state index < -0.39 is 0 Å². The third-order valence-corrected chi connectivity index (χ3v) is 2.91. The summed E-state index contributed by atoms with van der Waals surface area (Å²) < 4.78 is 0. The maximum atomic E-state index is 4.45. The van der Waals surface area contributed by atoms with Crippen LogP contribution in [0.3, 0.4) is 0 Å². The second-order valence-electron chi connectivity index (χ2n) is 4.01. The highest BCUT2D eigenvalue weighted by molar-refractivity contribution is 5.86. The topological polar surface area (TPSA) is 37.8 Å². The van der Waals surface area contributed by atoms with Gasteiger partial charge in [-0.05, 0) is 23.6 Å². The van der Waals surface area contributed by atoms with Crippen LogP contribution in [0.4, 0.5) is 5.95 Å². The standard InChI is InChI=1S/C14H13N3/c1-15-14-16-9-12-7-6-11(8-13(12)17-14)10-4-2-3-5-10/h2,4-9H,3H2,1H3,(H,15,16,17). The molecule has 3 rings (SSSR count). The zero-order valence-corrected chi connectivity index (χ0v) is 9.64. The fourth-order valence-corrected chi connectivity index (χ4v) is 2.00. The van der Waals surface area contributed by atoms with Crippen molar-refractivity contribution in [1.29, 1.82) is 0 Å². The fourth-order valence-electron chi connectivity index (χ4n) is 2.00. The van der Waals surface area contributed by atoms with Crippen LogP contribution in [0.2, 0.25) is 0 Å². The summed E-state index contributed by atoms with van der Waals surface area (Å²) >= 11 is 0. The SMILES string of the molecule is CNc1ncc2ccc(C3=CCC=C3)cc2n1. The van der Waals surface area contributed by atoms with Gasteiger partial charge in [-0.15, -0.1) is 0 Å². The molecule has 2 aromatic rings. The number of nitrogens with zero attached hydrogens (tertiary/aromatic N) is 2. The van der Waals surface area contributed by atoms with Gasteiger partial charge < -0.3 is 5.32 Å². The lowest BCUT2D eigenvalue weighted by Crippen LogP contribution is -1.95. The Labute approximate surface area is 99.9 Å². The van der Waals surface area contributed by atoms with Crippen molar-refractivity contribution in [2.45, 2.75) is 6.42 Å². The first kappa shape index (κ1) is 10.0. The molecule has 1 aromatic heterocycles. The molecule has 1 aliphatic rings. The van der Waals surface area contributed by atoms with Crippen LogP contribution < -0.4 is 5.32 Å². The average molecular weight is 223 g/mol. The molecular weight excluding hydrogens is 210 g/mol. The van der Waals surface area contributed by atoms with Crippen LogP contribution >= 0.6 is 0 Å². The number of anilines is 1. The highest BCUT2D eigenvalue weighted by atomic mass is 15.1. The van der Waals surface area contributed by atoms with E-state index in [-0.39, 0.29) is 0 Å². The van der Waals surface area contributed by atoms with Crippen molar-refractivity contribution in [2.75, 3.05) is 12.4 Å². The predicted octanol–water partition coefficient (Wildman–Crippen LogP) is 3.01. The molecule has 17 heavy (non-hydrogen) atoms. The summed E-state index contributed by atoms with van der Waals surface area (Å²) in [5, 5.41) is 4.02. The maximum Gasteiger partial charge on any atom is 0.222 e. The van der Waals surface area contributed by atoms with Gasteiger partial charge in [0, 0.05) is 18.6 Å².